The van der Waals surface area contributed by atoms with Gasteiger partial charge < -0.3 is 0 Å². The van der Waals surface area contributed by atoms with Crippen molar-refractivity contribution in [2.24, 2.45) is 5.92 Å². The first-order valence-corrected chi connectivity index (χ1v) is 4.96. The third-order valence-corrected chi connectivity index (χ3v) is 2.25. The number of rotatable bonds is 2. The van der Waals surface area contributed by atoms with Gasteiger partial charge in [0.15, 0.2) is 0 Å². The van der Waals surface area contributed by atoms with Crippen molar-refractivity contribution in [2.45, 2.75) is 13.3 Å². The highest BCUT2D eigenvalue weighted by molar-refractivity contribution is 6.18. The Kier molecular flexibility index (Phi) is 4.43. The Morgan fingerprint density at radius 1 is 1.31 bits per heavy atom. The van der Waals surface area contributed by atoms with E-state index in [2.05, 4.69) is 18.8 Å². The minimum Gasteiger partial charge on any atom is -0.126 e. The van der Waals surface area contributed by atoms with Crippen LogP contribution in [0.2, 0.25) is 0 Å². The molecule has 1 atom stereocenters. The topological polar surface area (TPSA) is 0 Å². The third-order valence-electron chi connectivity index (χ3n) is 1.72. The molecule has 0 saturated carbocycles. The molecule has 1 unspecified atom stereocenters. The monoisotopic (exact) mass is 192 g/mol. The molecule has 0 fully saturated rings. The molecule has 1 aromatic carbocycles. The second-order valence-corrected chi connectivity index (χ2v) is 3.44. The molecule has 0 nitrogen and oxygen atoms in total. The van der Waals surface area contributed by atoms with Gasteiger partial charge in [0.25, 0.3) is 0 Å². The van der Waals surface area contributed by atoms with E-state index >= 15 is 0 Å². The molecule has 0 bridgehead atoms. The second kappa shape index (κ2) is 5.67. The maximum atomic E-state index is 5.67. The zero-order valence-corrected chi connectivity index (χ0v) is 8.51. The van der Waals surface area contributed by atoms with Crippen LogP contribution >= 0.6 is 11.6 Å². The van der Waals surface area contributed by atoms with Gasteiger partial charge in [0, 0.05) is 17.9 Å². The Balaban J connectivity index is 2.49. The molecule has 1 heteroatoms. The summed E-state index contributed by atoms with van der Waals surface area (Å²) in [6.07, 6.45) is 0.873. The minimum atomic E-state index is 0.484. The Morgan fingerprint density at radius 3 is 2.62 bits per heavy atom. The van der Waals surface area contributed by atoms with E-state index < -0.39 is 0 Å². The summed E-state index contributed by atoms with van der Waals surface area (Å²) in [5.41, 5.74) is 1.07. The van der Waals surface area contributed by atoms with Crippen LogP contribution in [0.25, 0.3) is 0 Å². The summed E-state index contributed by atoms with van der Waals surface area (Å²) in [6, 6.07) is 10.0. The summed E-state index contributed by atoms with van der Waals surface area (Å²) in [5.74, 6) is 7.39. The van der Waals surface area contributed by atoms with Gasteiger partial charge in [0.05, 0.1) is 0 Å². The van der Waals surface area contributed by atoms with E-state index in [1.807, 2.05) is 30.3 Å². The van der Waals surface area contributed by atoms with Crippen molar-refractivity contribution in [1.82, 2.24) is 0 Å². The van der Waals surface area contributed by atoms with Gasteiger partial charge >= 0.3 is 0 Å². The summed E-state index contributed by atoms with van der Waals surface area (Å²) in [7, 11) is 0. The lowest BCUT2D eigenvalue weighted by molar-refractivity contribution is 0.684. The molecule has 68 valence electrons. The smallest absolute Gasteiger partial charge is 0.0258 e. The van der Waals surface area contributed by atoms with Crippen LogP contribution in [0.3, 0.4) is 0 Å². The van der Waals surface area contributed by atoms with Crippen molar-refractivity contribution >= 4 is 11.6 Å². The lowest BCUT2D eigenvalue weighted by Crippen LogP contribution is -1.92. The number of hydrogen-bond donors (Lipinski definition) is 0. The molecule has 0 aliphatic carbocycles. The van der Waals surface area contributed by atoms with Crippen molar-refractivity contribution < 1.29 is 0 Å². The standard InChI is InChI=1S/C12H13Cl/c1-11(10-13)6-5-9-12-7-3-2-4-8-12/h2-4,7-8,11H,6,10H2,1H3. The first-order chi connectivity index (χ1) is 6.33. The minimum absolute atomic E-state index is 0.484. The molecule has 1 aromatic rings. The number of hydrogen-bond acceptors (Lipinski definition) is 0. The molecule has 0 aliphatic heterocycles. The van der Waals surface area contributed by atoms with Gasteiger partial charge in [-0.25, -0.2) is 0 Å². The van der Waals surface area contributed by atoms with Gasteiger partial charge in [-0.3, -0.25) is 0 Å². The van der Waals surface area contributed by atoms with E-state index in [0.29, 0.717) is 11.8 Å². The lowest BCUT2D eigenvalue weighted by atomic mass is 10.1. The summed E-state index contributed by atoms with van der Waals surface area (Å²) in [6.45, 7) is 2.10. The SMILES string of the molecule is CC(CCl)CC#Cc1ccccc1. The van der Waals surface area contributed by atoms with Crippen LogP contribution in [0, 0.1) is 17.8 Å². The van der Waals surface area contributed by atoms with E-state index in [1.54, 1.807) is 0 Å². The molecule has 0 N–H and O–H groups in total. The first-order valence-electron chi connectivity index (χ1n) is 4.43. The quantitative estimate of drug-likeness (QED) is 0.498. The van der Waals surface area contributed by atoms with Gasteiger partial charge in [-0.2, -0.15) is 0 Å². The summed E-state index contributed by atoms with van der Waals surface area (Å²) in [4.78, 5) is 0. The molecule has 0 aliphatic rings. The highest BCUT2D eigenvalue weighted by atomic mass is 35.5. The summed E-state index contributed by atoms with van der Waals surface area (Å²) < 4.78 is 0. The van der Waals surface area contributed by atoms with Crippen LogP contribution in [0.15, 0.2) is 30.3 Å². The van der Waals surface area contributed by atoms with Crippen molar-refractivity contribution in [3.8, 4) is 11.8 Å². The lowest BCUT2D eigenvalue weighted by Gasteiger charge is -1.97. The second-order valence-electron chi connectivity index (χ2n) is 3.13. The van der Waals surface area contributed by atoms with Gasteiger partial charge in [-0.05, 0) is 18.1 Å². The van der Waals surface area contributed by atoms with Gasteiger partial charge in [-0.15, -0.1) is 11.6 Å². The largest absolute Gasteiger partial charge is 0.126 e. The van der Waals surface area contributed by atoms with Gasteiger partial charge in [-0.1, -0.05) is 37.0 Å². The highest BCUT2D eigenvalue weighted by Crippen LogP contribution is 2.02. The van der Waals surface area contributed by atoms with Crippen LogP contribution < -0.4 is 0 Å². The zero-order chi connectivity index (χ0) is 9.52. The molecule has 0 amide bonds. The Morgan fingerprint density at radius 2 is 2.00 bits per heavy atom. The molecule has 1 rings (SSSR count). The predicted octanol–water partition coefficient (Wildman–Crippen LogP) is 3.30. The van der Waals surface area contributed by atoms with E-state index in [4.69, 9.17) is 11.6 Å². The molecule has 0 saturated heterocycles. The van der Waals surface area contributed by atoms with Crippen LogP contribution in [0.5, 0.6) is 0 Å². The normalized spacial score (nSPS) is 11.5. The summed E-state index contributed by atoms with van der Waals surface area (Å²) in [5, 5.41) is 0. The average molecular weight is 193 g/mol. The number of halogens is 1. The predicted molar refractivity (Wildman–Crippen MR) is 57.8 cm³/mol. The fourth-order valence-electron chi connectivity index (χ4n) is 0.903. The number of alkyl halides is 1. The fraction of sp³-hybridized carbons (Fsp3) is 0.333. The Hall–Kier alpha value is -0.930. The van der Waals surface area contributed by atoms with Crippen LogP contribution in [-0.2, 0) is 0 Å². The molecule has 0 aromatic heterocycles. The molecule has 13 heavy (non-hydrogen) atoms. The zero-order valence-electron chi connectivity index (χ0n) is 7.76. The van der Waals surface area contributed by atoms with Crippen LogP contribution in [0.4, 0.5) is 0 Å². The molecule has 0 heterocycles. The van der Waals surface area contributed by atoms with Crippen molar-refractivity contribution in [3.63, 3.8) is 0 Å². The van der Waals surface area contributed by atoms with E-state index in [1.165, 1.54) is 0 Å². The van der Waals surface area contributed by atoms with Crippen LogP contribution in [-0.4, -0.2) is 5.88 Å². The Bertz CT molecular complexity index is 292. The third kappa shape index (κ3) is 4.01. The van der Waals surface area contributed by atoms with Crippen molar-refractivity contribution in [1.29, 1.82) is 0 Å². The molecule has 0 radical (unpaired) electrons. The fourth-order valence-corrected chi connectivity index (χ4v) is 1.01. The Labute approximate surface area is 84.9 Å². The van der Waals surface area contributed by atoms with E-state index in [0.717, 1.165) is 12.0 Å². The van der Waals surface area contributed by atoms with Crippen molar-refractivity contribution in [3.05, 3.63) is 35.9 Å². The van der Waals surface area contributed by atoms with E-state index in [9.17, 15) is 0 Å². The highest BCUT2D eigenvalue weighted by Gasteiger charge is 1.94. The number of benzene rings is 1. The molecular formula is C12H13Cl. The molecular weight excluding hydrogens is 180 g/mol. The first kappa shape index (κ1) is 10.2. The van der Waals surface area contributed by atoms with Gasteiger partial charge in [0.1, 0.15) is 0 Å². The average Bonchev–Trinajstić information content (AvgIpc) is 2.19. The van der Waals surface area contributed by atoms with E-state index in [-0.39, 0.29) is 0 Å². The van der Waals surface area contributed by atoms with Gasteiger partial charge in [0.2, 0.25) is 0 Å². The summed E-state index contributed by atoms with van der Waals surface area (Å²) >= 11 is 5.67. The molecule has 0 spiro atoms. The maximum Gasteiger partial charge on any atom is 0.0258 e. The van der Waals surface area contributed by atoms with Crippen molar-refractivity contribution in [2.75, 3.05) is 5.88 Å². The maximum absolute atomic E-state index is 5.67. The van der Waals surface area contributed by atoms with Crippen LogP contribution in [0.1, 0.15) is 18.9 Å².